The van der Waals surface area contributed by atoms with E-state index in [1.165, 1.54) is 5.56 Å². The molecule has 0 saturated carbocycles. The molecule has 0 aliphatic carbocycles. The number of anilines is 5. The maximum absolute atomic E-state index is 6.29. The number of nitrogen functional groups attached to an aromatic ring is 5. The second kappa shape index (κ2) is 5.66. The summed E-state index contributed by atoms with van der Waals surface area (Å²) in [6.45, 7) is 0. The molecule has 8 heteroatoms. The molecule has 26 heavy (non-hydrogen) atoms. The monoisotopic (exact) mass is 369 g/mol. The first-order chi connectivity index (χ1) is 12.3. The van der Waals surface area contributed by atoms with E-state index in [1.54, 1.807) is 0 Å². The van der Waals surface area contributed by atoms with Crippen LogP contribution in [0.4, 0.5) is 28.4 Å². The van der Waals surface area contributed by atoms with Crippen LogP contribution in [-0.2, 0) is 6.42 Å². The summed E-state index contributed by atoms with van der Waals surface area (Å²) in [5.74, 6) is 0.894. The number of nitrogens with two attached hydrogens (primary N) is 7. The highest BCUT2D eigenvalue weighted by atomic mass is 32.2. The van der Waals surface area contributed by atoms with Gasteiger partial charge in [-0.05, 0) is 53.1 Å². The third-order valence-electron chi connectivity index (χ3n) is 4.99. The fourth-order valence-electron chi connectivity index (χ4n) is 3.70. The first-order valence-corrected chi connectivity index (χ1v) is 9.65. The van der Waals surface area contributed by atoms with E-state index in [1.807, 2.05) is 18.2 Å². The van der Waals surface area contributed by atoms with E-state index in [9.17, 15) is 0 Å². The van der Waals surface area contributed by atoms with Crippen LogP contribution >= 0.6 is 10.5 Å². The minimum atomic E-state index is -0.640. The number of benzene rings is 2. The van der Waals surface area contributed by atoms with Crippen molar-refractivity contribution in [3.8, 4) is 0 Å². The van der Waals surface area contributed by atoms with E-state index >= 15 is 0 Å². The molecule has 1 unspecified atom stereocenters. The molecule has 0 amide bonds. The summed E-state index contributed by atoms with van der Waals surface area (Å²) in [6, 6.07) is 5.71. The molecule has 2 aliphatic heterocycles. The minimum absolute atomic E-state index is 0.278. The molecule has 2 aliphatic rings. The Hall–Kier alpha value is -2.68. The summed E-state index contributed by atoms with van der Waals surface area (Å²) in [4.78, 5) is 2.06. The Morgan fingerprint density at radius 1 is 0.846 bits per heavy atom. The molecule has 0 aromatic heterocycles. The van der Waals surface area contributed by atoms with Crippen molar-refractivity contribution in [2.75, 3.05) is 34.4 Å². The summed E-state index contributed by atoms with van der Waals surface area (Å²) in [7, 11) is -0.278. The quantitative estimate of drug-likeness (QED) is 0.219. The molecule has 0 radical (unpaired) electrons. The Morgan fingerprint density at radius 3 is 2.23 bits per heavy atom. The average Bonchev–Trinajstić information content (AvgIpc) is 2.59. The standard InChI is InChI=1S/C18H23N7S/c19-10-3-7-1-2-26-13(9(7)6-11(10)20)5-8-4-12(21)15(22)16(23)14(8)17(26)18(24)25/h3-6,18H,1-2,19-25H2. The third kappa shape index (κ3) is 2.27. The normalized spacial score (nSPS) is 18.2. The first kappa shape index (κ1) is 16.8. The predicted octanol–water partition coefficient (Wildman–Crippen LogP) is 0.698. The van der Waals surface area contributed by atoms with Crippen molar-refractivity contribution in [1.29, 1.82) is 0 Å². The zero-order valence-electron chi connectivity index (χ0n) is 14.3. The number of rotatable bonds is 1. The Labute approximate surface area is 154 Å². The number of fused-ring (bicyclic) bond motifs is 4. The van der Waals surface area contributed by atoms with Gasteiger partial charge in [-0.15, -0.1) is 10.5 Å². The van der Waals surface area contributed by atoms with E-state index in [-0.39, 0.29) is 10.5 Å². The Balaban J connectivity index is 2.07. The maximum Gasteiger partial charge on any atom is 0.0847 e. The lowest BCUT2D eigenvalue weighted by Crippen LogP contribution is -2.41. The van der Waals surface area contributed by atoms with Crippen LogP contribution in [0.3, 0.4) is 0 Å². The zero-order chi connectivity index (χ0) is 18.7. The van der Waals surface area contributed by atoms with E-state index in [4.69, 9.17) is 40.1 Å². The lowest BCUT2D eigenvalue weighted by atomic mass is 9.95. The van der Waals surface area contributed by atoms with E-state index in [0.717, 1.165) is 38.6 Å². The number of aryl methyl sites for hydroxylation is 1. The molecule has 2 aromatic carbocycles. The van der Waals surface area contributed by atoms with Gasteiger partial charge in [0, 0.05) is 15.3 Å². The van der Waals surface area contributed by atoms with Crippen LogP contribution in [0.15, 0.2) is 18.2 Å². The van der Waals surface area contributed by atoms with Crippen molar-refractivity contribution >= 4 is 54.8 Å². The van der Waals surface area contributed by atoms with Gasteiger partial charge in [-0.2, -0.15) is 0 Å². The second-order valence-electron chi connectivity index (χ2n) is 6.64. The van der Waals surface area contributed by atoms with Crippen LogP contribution in [0.2, 0.25) is 0 Å². The summed E-state index contributed by atoms with van der Waals surface area (Å²) in [6.07, 6.45) is 2.33. The van der Waals surface area contributed by atoms with Crippen LogP contribution < -0.4 is 40.1 Å². The Morgan fingerprint density at radius 2 is 1.54 bits per heavy atom. The molecule has 2 aromatic rings. The smallest absolute Gasteiger partial charge is 0.0847 e. The molecule has 7 nitrogen and oxygen atoms in total. The van der Waals surface area contributed by atoms with Crippen molar-refractivity contribution in [1.82, 2.24) is 0 Å². The molecule has 0 fully saturated rings. The third-order valence-corrected chi connectivity index (χ3v) is 7.47. The van der Waals surface area contributed by atoms with Crippen LogP contribution in [-0.4, -0.2) is 16.8 Å². The van der Waals surface area contributed by atoms with Gasteiger partial charge in [0.15, 0.2) is 0 Å². The van der Waals surface area contributed by atoms with Crippen molar-refractivity contribution in [2.24, 2.45) is 11.5 Å². The molecule has 4 rings (SSSR count). The molecule has 136 valence electrons. The lowest BCUT2D eigenvalue weighted by Gasteiger charge is -2.33. The van der Waals surface area contributed by atoms with Gasteiger partial charge in [-0.3, -0.25) is 0 Å². The molecule has 0 saturated heterocycles. The van der Waals surface area contributed by atoms with Gasteiger partial charge in [-0.25, -0.2) is 0 Å². The van der Waals surface area contributed by atoms with E-state index in [0.29, 0.717) is 28.4 Å². The van der Waals surface area contributed by atoms with Gasteiger partial charge >= 0.3 is 0 Å². The fraction of sp³-hybridized carbons (Fsp3) is 0.167. The molecular weight excluding hydrogens is 346 g/mol. The molecule has 0 bridgehead atoms. The lowest BCUT2D eigenvalue weighted by molar-refractivity contribution is 0.935. The minimum Gasteiger partial charge on any atom is -0.397 e. The largest absolute Gasteiger partial charge is 0.397 e. The summed E-state index contributed by atoms with van der Waals surface area (Å²) in [5, 5.41) is 0. The number of hydrogen-bond acceptors (Lipinski definition) is 7. The molecule has 14 N–H and O–H groups in total. The van der Waals surface area contributed by atoms with Gasteiger partial charge in [0.05, 0.1) is 34.6 Å². The average molecular weight is 369 g/mol. The summed E-state index contributed by atoms with van der Waals surface area (Å²) < 4.78 is 0. The topological polar surface area (TPSA) is 182 Å². The molecular formula is C18H23N7S. The Bertz CT molecular complexity index is 1020. The van der Waals surface area contributed by atoms with Gasteiger partial charge in [0.25, 0.3) is 0 Å². The first-order valence-electron chi connectivity index (χ1n) is 8.26. The molecule has 2 heterocycles. The highest BCUT2D eigenvalue weighted by Gasteiger charge is 2.30. The SMILES string of the molecule is Nc1cc2c(cc1N)C1=Cc3cc(N)c(N)c(N)c3C(C(N)N)=S1CC2. The van der Waals surface area contributed by atoms with E-state index < -0.39 is 6.17 Å². The molecule has 1 atom stereocenters. The molecule has 0 spiro atoms. The number of hydrogen-bond donors (Lipinski definition) is 7. The van der Waals surface area contributed by atoms with Crippen molar-refractivity contribution in [2.45, 2.75) is 12.6 Å². The van der Waals surface area contributed by atoms with Crippen molar-refractivity contribution < 1.29 is 0 Å². The van der Waals surface area contributed by atoms with Gasteiger partial charge in [0.1, 0.15) is 0 Å². The highest BCUT2D eigenvalue weighted by Crippen LogP contribution is 2.50. The Kier molecular flexibility index (Phi) is 3.65. The van der Waals surface area contributed by atoms with Crippen LogP contribution in [0.1, 0.15) is 22.3 Å². The van der Waals surface area contributed by atoms with Crippen molar-refractivity contribution in [3.05, 3.63) is 40.5 Å². The van der Waals surface area contributed by atoms with Crippen molar-refractivity contribution in [3.63, 3.8) is 0 Å². The zero-order valence-corrected chi connectivity index (χ0v) is 15.1. The van der Waals surface area contributed by atoms with Gasteiger partial charge in [-0.1, -0.05) is 0 Å². The van der Waals surface area contributed by atoms with E-state index in [2.05, 4.69) is 6.08 Å². The van der Waals surface area contributed by atoms with Gasteiger partial charge < -0.3 is 40.1 Å². The van der Waals surface area contributed by atoms with Crippen LogP contribution in [0.5, 0.6) is 0 Å². The van der Waals surface area contributed by atoms with Crippen LogP contribution in [0, 0.1) is 0 Å². The fourth-order valence-corrected chi connectivity index (χ4v) is 6.32. The summed E-state index contributed by atoms with van der Waals surface area (Å²) in [5.41, 5.74) is 49.2. The van der Waals surface area contributed by atoms with Gasteiger partial charge in [0.2, 0.25) is 0 Å². The van der Waals surface area contributed by atoms with Crippen LogP contribution in [0.25, 0.3) is 11.0 Å². The summed E-state index contributed by atoms with van der Waals surface area (Å²) >= 11 is 0. The second-order valence-corrected chi connectivity index (χ2v) is 8.71. The maximum atomic E-state index is 6.29. The highest BCUT2D eigenvalue weighted by molar-refractivity contribution is 8.24. The predicted molar refractivity (Wildman–Crippen MR) is 115 cm³/mol.